The minimum absolute atomic E-state index is 0.00615. The quantitative estimate of drug-likeness (QED) is 0.439. The molecule has 1 unspecified atom stereocenters. The van der Waals surface area contributed by atoms with Crippen molar-refractivity contribution in [2.24, 2.45) is 0 Å². The van der Waals surface area contributed by atoms with Crippen LogP contribution in [0.4, 0.5) is 5.69 Å². The van der Waals surface area contributed by atoms with Gasteiger partial charge in [0, 0.05) is 37.7 Å². The van der Waals surface area contributed by atoms with Gasteiger partial charge in [-0.2, -0.15) is 0 Å². The molecular formula is C14H20ClN3O3. The average Bonchev–Trinajstić information content (AvgIpc) is 2.44. The molecule has 1 amide bonds. The molecule has 6 nitrogen and oxygen atoms in total. The molecule has 1 rings (SSSR count). The predicted octanol–water partition coefficient (Wildman–Crippen LogP) is 2.64. The highest BCUT2D eigenvalue weighted by molar-refractivity contribution is 6.31. The van der Waals surface area contributed by atoms with Gasteiger partial charge < -0.3 is 10.6 Å². The van der Waals surface area contributed by atoms with E-state index in [0.29, 0.717) is 24.5 Å². The highest BCUT2D eigenvalue weighted by Gasteiger charge is 2.09. The first kappa shape index (κ1) is 17.4. The lowest BCUT2D eigenvalue weighted by Crippen LogP contribution is -2.33. The molecule has 7 heteroatoms. The molecule has 0 fully saturated rings. The molecule has 1 atom stereocenters. The van der Waals surface area contributed by atoms with Crippen molar-refractivity contribution in [1.82, 2.24) is 10.6 Å². The van der Waals surface area contributed by atoms with Crippen LogP contribution in [0.25, 0.3) is 0 Å². The van der Waals surface area contributed by atoms with Crippen molar-refractivity contribution in [1.29, 1.82) is 0 Å². The molecule has 0 bridgehead atoms. The third kappa shape index (κ3) is 6.10. The summed E-state index contributed by atoms with van der Waals surface area (Å²) in [5, 5.41) is 16.9. The van der Waals surface area contributed by atoms with Gasteiger partial charge in [0.05, 0.1) is 9.95 Å². The van der Waals surface area contributed by atoms with Crippen molar-refractivity contribution in [3.05, 3.63) is 38.9 Å². The number of nitrogens with zero attached hydrogens (tertiary/aromatic N) is 1. The van der Waals surface area contributed by atoms with Crippen LogP contribution in [0.5, 0.6) is 0 Å². The van der Waals surface area contributed by atoms with Gasteiger partial charge in [-0.15, -0.1) is 0 Å². The molecule has 0 saturated heterocycles. The maximum absolute atomic E-state index is 11.6. The average molecular weight is 314 g/mol. The zero-order chi connectivity index (χ0) is 15.8. The molecule has 1 aromatic rings. The monoisotopic (exact) mass is 313 g/mol. The fourth-order valence-electron chi connectivity index (χ4n) is 1.67. The molecule has 2 N–H and O–H groups in total. The Bertz CT molecular complexity index is 508. The Morgan fingerprint density at radius 3 is 2.76 bits per heavy atom. The fraction of sp³-hybridized carbons (Fsp3) is 0.500. The van der Waals surface area contributed by atoms with Crippen molar-refractivity contribution in [2.75, 3.05) is 6.54 Å². The molecule has 0 aliphatic heterocycles. The van der Waals surface area contributed by atoms with Gasteiger partial charge in [0.1, 0.15) is 0 Å². The fourth-order valence-corrected chi connectivity index (χ4v) is 1.91. The van der Waals surface area contributed by atoms with Gasteiger partial charge in [0.25, 0.3) is 5.69 Å². The molecule has 0 saturated carbocycles. The number of hydrogen-bond donors (Lipinski definition) is 2. The van der Waals surface area contributed by atoms with Crippen LogP contribution in [0.1, 0.15) is 32.3 Å². The molecule has 1 aromatic carbocycles. The number of nitro benzene ring substituents is 1. The summed E-state index contributed by atoms with van der Waals surface area (Å²) in [7, 11) is 0. The number of carbonyl (C=O) groups excluding carboxylic acids is 1. The smallest absolute Gasteiger partial charge is 0.270 e. The van der Waals surface area contributed by atoms with E-state index in [1.807, 2.05) is 13.8 Å². The highest BCUT2D eigenvalue weighted by atomic mass is 35.5. The summed E-state index contributed by atoms with van der Waals surface area (Å²) in [6.07, 6.45) is 1.28. The van der Waals surface area contributed by atoms with Gasteiger partial charge >= 0.3 is 0 Å². The SMILES string of the molecule is CCC(C)NC(=O)CCNCc1ccc([N+](=O)[O-])cc1Cl. The number of nitrogens with one attached hydrogen (secondary N) is 2. The minimum atomic E-state index is -0.484. The van der Waals surface area contributed by atoms with Crippen LogP contribution in [0.15, 0.2) is 18.2 Å². The molecular weight excluding hydrogens is 294 g/mol. The Kier molecular flexibility index (Phi) is 7.11. The maximum atomic E-state index is 11.6. The number of benzene rings is 1. The standard InChI is InChI=1S/C14H20ClN3O3/c1-3-10(2)17-14(19)6-7-16-9-11-4-5-12(18(20)21)8-13(11)15/h4-5,8,10,16H,3,6-7,9H2,1-2H3,(H,17,19). The Morgan fingerprint density at radius 1 is 1.48 bits per heavy atom. The van der Waals surface area contributed by atoms with E-state index in [0.717, 1.165) is 12.0 Å². The second-order valence-corrected chi connectivity index (χ2v) is 5.24. The van der Waals surface area contributed by atoms with Crippen LogP contribution in [0.2, 0.25) is 5.02 Å². The van der Waals surface area contributed by atoms with Crippen LogP contribution in [-0.4, -0.2) is 23.4 Å². The number of rotatable bonds is 8. The number of hydrogen-bond acceptors (Lipinski definition) is 4. The van der Waals surface area contributed by atoms with Crippen molar-refractivity contribution < 1.29 is 9.72 Å². The molecule has 0 heterocycles. The summed E-state index contributed by atoms with van der Waals surface area (Å²) < 4.78 is 0. The number of carbonyl (C=O) groups is 1. The van der Waals surface area contributed by atoms with E-state index in [9.17, 15) is 14.9 Å². The number of non-ortho nitro benzene ring substituents is 1. The first-order valence-electron chi connectivity index (χ1n) is 6.87. The molecule has 116 valence electrons. The first-order valence-corrected chi connectivity index (χ1v) is 7.24. The summed E-state index contributed by atoms with van der Waals surface area (Å²) in [6, 6.07) is 4.54. The Morgan fingerprint density at radius 2 is 2.19 bits per heavy atom. The van der Waals surface area contributed by atoms with Crippen molar-refractivity contribution in [3.63, 3.8) is 0 Å². The van der Waals surface area contributed by atoms with Crippen LogP contribution in [-0.2, 0) is 11.3 Å². The van der Waals surface area contributed by atoms with E-state index < -0.39 is 4.92 Å². The van der Waals surface area contributed by atoms with E-state index in [-0.39, 0.29) is 17.6 Å². The third-order valence-corrected chi connectivity index (χ3v) is 3.46. The molecule has 0 spiro atoms. The maximum Gasteiger partial charge on any atom is 0.270 e. The first-order chi connectivity index (χ1) is 9.93. The molecule has 21 heavy (non-hydrogen) atoms. The predicted molar refractivity (Wildman–Crippen MR) is 82.3 cm³/mol. The Balaban J connectivity index is 2.36. The van der Waals surface area contributed by atoms with Gasteiger partial charge in [-0.3, -0.25) is 14.9 Å². The van der Waals surface area contributed by atoms with E-state index >= 15 is 0 Å². The lowest BCUT2D eigenvalue weighted by molar-refractivity contribution is -0.384. The summed E-state index contributed by atoms with van der Waals surface area (Å²) in [5.74, 6) is 0.00615. The van der Waals surface area contributed by atoms with Gasteiger partial charge in [0.2, 0.25) is 5.91 Å². The van der Waals surface area contributed by atoms with Gasteiger partial charge in [0.15, 0.2) is 0 Å². The van der Waals surface area contributed by atoms with Crippen LogP contribution < -0.4 is 10.6 Å². The third-order valence-electron chi connectivity index (χ3n) is 3.11. The number of amides is 1. The van der Waals surface area contributed by atoms with Crippen molar-refractivity contribution >= 4 is 23.2 Å². The summed E-state index contributed by atoms with van der Waals surface area (Å²) in [6.45, 7) is 4.96. The number of halogens is 1. The van der Waals surface area contributed by atoms with Gasteiger partial charge in [-0.25, -0.2) is 0 Å². The largest absolute Gasteiger partial charge is 0.354 e. The van der Waals surface area contributed by atoms with E-state index in [2.05, 4.69) is 10.6 Å². The molecule has 0 aliphatic carbocycles. The van der Waals surface area contributed by atoms with E-state index in [4.69, 9.17) is 11.6 Å². The zero-order valence-corrected chi connectivity index (χ0v) is 12.9. The van der Waals surface area contributed by atoms with Gasteiger partial charge in [-0.1, -0.05) is 18.5 Å². The topological polar surface area (TPSA) is 84.3 Å². The highest BCUT2D eigenvalue weighted by Crippen LogP contribution is 2.22. The second kappa shape index (κ2) is 8.59. The molecule has 0 aliphatic rings. The van der Waals surface area contributed by atoms with Crippen molar-refractivity contribution in [3.8, 4) is 0 Å². The second-order valence-electron chi connectivity index (χ2n) is 4.84. The lowest BCUT2D eigenvalue weighted by atomic mass is 10.2. The van der Waals surface area contributed by atoms with Crippen LogP contribution >= 0.6 is 11.6 Å². The van der Waals surface area contributed by atoms with Crippen molar-refractivity contribution in [2.45, 2.75) is 39.3 Å². The zero-order valence-electron chi connectivity index (χ0n) is 12.2. The number of nitro groups is 1. The minimum Gasteiger partial charge on any atom is -0.354 e. The molecule has 0 aromatic heterocycles. The molecule has 0 radical (unpaired) electrons. The summed E-state index contributed by atoms with van der Waals surface area (Å²) in [5.41, 5.74) is 0.737. The van der Waals surface area contributed by atoms with Crippen LogP contribution in [0, 0.1) is 10.1 Å². The van der Waals surface area contributed by atoms with Crippen LogP contribution in [0.3, 0.4) is 0 Å². The normalized spacial score (nSPS) is 12.0. The van der Waals surface area contributed by atoms with Gasteiger partial charge in [-0.05, 0) is 25.0 Å². The summed E-state index contributed by atoms with van der Waals surface area (Å²) in [4.78, 5) is 21.7. The Labute approximate surface area is 129 Å². The Hall–Kier alpha value is -1.66. The van der Waals surface area contributed by atoms with E-state index in [1.54, 1.807) is 6.07 Å². The van der Waals surface area contributed by atoms with E-state index in [1.165, 1.54) is 12.1 Å². The summed E-state index contributed by atoms with van der Waals surface area (Å²) >= 11 is 5.98. The lowest BCUT2D eigenvalue weighted by Gasteiger charge is -2.11.